The van der Waals surface area contributed by atoms with Gasteiger partial charge in [0.1, 0.15) is 0 Å². The SMILES string of the molecule is CNCC1CCN(C(=O)c2cccc(OC)c2OC)CC1.Cl. The van der Waals surface area contributed by atoms with Crippen LogP contribution in [-0.2, 0) is 0 Å². The highest BCUT2D eigenvalue weighted by molar-refractivity contribution is 5.97. The van der Waals surface area contributed by atoms with Gasteiger partial charge >= 0.3 is 0 Å². The number of hydrogen-bond acceptors (Lipinski definition) is 4. The van der Waals surface area contributed by atoms with E-state index in [1.54, 1.807) is 26.4 Å². The van der Waals surface area contributed by atoms with Crippen molar-refractivity contribution in [2.45, 2.75) is 12.8 Å². The van der Waals surface area contributed by atoms with E-state index in [1.807, 2.05) is 18.0 Å². The van der Waals surface area contributed by atoms with Crippen LogP contribution in [0.25, 0.3) is 0 Å². The quantitative estimate of drug-likeness (QED) is 0.900. The Balaban J connectivity index is 0.00000242. The molecule has 0 radical (unpaired) electrons. The fraction of sp³-hybridized carbons (Fsp3) is 0.562. The lowest BCUT2D eigenvalue weighted by Crippen LogP contribution is -2.40. The van der Waals surface area contributed by atoms with Crippen molar-refractivity contribution in [3.05, 3.63) is 23.8 Å². The maximum absolute atomic E-state index is 12.7. The van der Waals surface area contributed by atoms with E-state index < -0.39 is 0 Å². The third-order valence-corrected chi connectivity index (χ3v) is 4.03. The molecule has 2 rings (SSSR count). The van der Waals surface area contributed by atoms with Gasteiger partial charge in [-0.2, -0.15) is 0 Å². The van der Waals surface area contributed by atoms with Gasteiger partial charge in [0, 0.05) is 13.1 Å². The van der Waals surface area contributed by atoms with E-state index in [-0.39, 0.29) is 18.3 Å². The molecule has 0 saturated carbocycles. The molecule has 22 heavy (non-hydrogen) atoms. The number of ether oxygens (including phenoxy) is 2. The molecule has 1 aliphatic heterocycles. The fourth-order valence-corrected chi connectivity index (χ4v) is 2.85. The summed E-state index contributed by atoms with van der Waals surface area (Å²) in [5.74, 6) is 1.79. The molecule has 0 spiro atoms. The monoisotopic (exact) mass is 328 g/mol. The fourth-order valence-electron chi connectivity index (χ4n) is 2.85. The molecule has 1 N–H and O–H groups in total. The number of nitrogens with one attached hydrogen (secondary N) is 1. The Labute approximate surface area is 138 Å². The minimum atomic E-state index is 0. The molecular formula is C16H25ClN2O3. The Morgan fingerprint density at radius 2 is 1.95 bits per heavy atom. The Morgan fingerprint density at radius 1 is 1.27 bits per heavy atom. The number of amides is 1. The first-order valence-corrected chi connectivity index (χ1v) is 7.36. The first-order chi connectivity index (χ1) is 10.2. The van der Waals surface area contributed by atoms with Crippen molar-refractivity contribution in [2.24, 2.45) is 5.92 Å². The molecule has 0 unspecified atom stereocenters. The first-order valence-electron chi connectivity index (χ1n) is 7.36. The van der Waals surface area contributed by atoms with Crippen molar-refractivity contribution in [2.75, 3.05) is 40.9 Å². The minimum absolute atomic E-state index is 0. The van der Waals surface area contributed by atoms with Crippen LogP contribution in [0.4, 0.5) is 0 Å². The standard InChI is InChI=1S/C16H24N2O3.ClH/c1-17-11-12-7-9-18(10-8-12)16(19)13-5-4-6-14(20-2)15(13)21-3;/h4-6,12,17H,7-11H2,1-3H3;1H. The largest absolute Gasteiger partial charge is 0.493 e. The molecule has 0 bridgehead atoms. The van der Waals surface area contributed by atoms with Gasteiger partial charge in [0.2, 0.25) is 0 Å². The number of likely N-dealkylation sites (tertiary alicyclic amines) is 1. The van der Waals surface area contributed by atoms with Crippen LogP contribution in [-0.4, -0.2) is 51.7 Å². The molecule has 0 aromatic heterocycles. The van der Waals surface area contributed by atoms with Crippen molar-refractivity contribution >= 4 is 18.3 Å². The van der Waals surface area contributed by atoms with E-state index in [0.717, 1.165) is 32.5 Å². The summed E-state index contributed by atoms with van der Waals surface area (Å²) in [4.78, 5) is 14.6. The molecule has 0 aliphatic carbocycles. The molecule has 1 aromatic carbocycles. The van der Waals surface area contributed by atoms with E-state index in [4.69, 9.17) is 9.47 Å². The van der Waals surface area contributed by atoms with Crippen LogP contribution in [0.5, 0.6) is 11.5 Å². The zero-order valence-corrected chi connectivity index (χ0v) is 14.2. The van der Waals surface area contributed by atoms with Gasteiger partial charge < -0.3 is 19.7 Å². The molecule has 1 heterocycles. The topological polar surface area (TPSA) is 50.8 Å². The van der Waals surface area contributed by atoms with Crippen LogP contribution in [0.1, 0.15) is 23.2 Å². The summed E-state index contributed by atoms with van der Waals surface area (Å²) < 4.78 is 10.6. The van der Waals surface area contributed by atoms with Gasteiger partial charge in [-0.1, -0.05) is 6.07 Å². The lowest BCUT2D eigenvalue weighted by atomic mass is 9.96. The van der Waals surface area contributed by atoms with Crippen LogP contribution in [0.3, 0.4) is 0 Å². The molecular weight excluding hydrogens is 304 g/mol. The number of carbonyl (C=O) groups is 1. The average Bonchev–Trinajstić information content (AvgIpc) is 2.54. The Morgan fingerprint density at radius 3 is 2.50 bits per heavy atom. The van der Waals surface area contributed by atoms with Crippen molar-refractivity contribution < 1.29 is 14.3 Å². The molecule has 0 atom stereocenters. The third-order valence-electron chi connectivity index (χ3n) is 4.03. The van der Waals surface area contributed by atoms with E-state index in [2.05, 4.69) is 5.32 Å². The summed E-state index contributed by atoms with van der Waals surface area (Å²) in [5.41, 5.74) is 0.573. The zero-order valence-electron chi connectivity index (χ0n) is 13.4. The zero-order chi connectivity index (χ0) is 15.2. The van der Waals surface area contributed by atoms with E-state index in [9.17, 15) is 4.79 Å². The van der Waals surface area contributed by atoms with E-state index in [0.29, 0.717) is 23.0 Å². The summed E-state index contributed by atoms with van der Waals surface area (Å²) in [6, 6.07) is 5.42. The predicted octanol–water partition coefficient (Wildman–Crippen LogP) is 2.20. The number of piperidine rings is 1. The summed E-state index contributed by atoms with van der Waals surface area (Å²) in [7, 11) is 5.11. The first kappa shape index (κ1) is 18.6. The molecule has 124 valence electrons. The number of methoxy groups -OCH3 is 2. The summed E-state index contributed by atoms with van der Waals surface area (Å²) in [6.07, 6.45) is 2.08. The summed E-state index contributed by atoms with van der Waals surface area (Å²) >= 11 is 0. The molecule has 1 aliphatic rings. The van der Waals surface area contributed by atoms with Crippen LogP contribution in [0.2, 0.25) is 0 Å². The van der Waals surface area contributed by atoms with Gasteiger partial charge in [0.05, 0.1) is 19.8 Å². The van der Waals surface area contributed by atoms with Crippen molar-refractivity contribution in [3.63, 3.8) is 0 Å². The lowest BCUT2D eigenvalue weighted by molar-refractivity contribution is 0.0687. The Kier molecular flexibility index (Phi) is 7.48. The molecule has 1 saturated heterocycles. The van der Waals surface area contributed by atoms with Crippen LogP contribution in [0.15, 0.2) is 18.2 Å². The molecule has 1 fully saturated rings. The van der Waals surface area contributed by atoms with Crippen molar-refractivity contribution in [1.82, 2.24) is 10.2 Å². The number of carbonyl (C=O) groups excluding carboxylic acids is 1. The van der Waals surface area contributed by atoms with Gasteiger partial charge in [0.25, 0.3) is 5.91 Å². The van der Waals surface area contributed by atoms with Crippen molar-refractivity contribution in [3.8, 4) is 11.5 Å². The molecule has 1 aromatic rings. The van der Waals surface area contributed by atoms with Gasteiger partial charge in [-0.05, 0) is 44.5 Å². The maximum Gasteiger partial charge on any atom is 0.257 e. The van der Waals surface area contributed by atoms with Crippen molar-refractivity contribution in [1.29, 1.82) is 0 Å². The van der Waals surface area contributed by atoms with Gasteiger partial charge in [-0.25, -0.2) is 0 Å². The average molecular weight is 329 g/mol. The van der Waals surface area contributed by atoms with Gasteiger partial charge in [-0.15, -0.1) is 12.4 Å². The third kappa shape index (κ3) is 4.05. The molecule has 6 heteroatoms. The van der Waals surface area contributed by atoms with Crippen LogP contribution >= 0.6 is 12.4 Å². The van der Waals surface area contributed by atoms with E-state index >= 15 is 0 Å². The molecule has 5 nitrogen and oxygen atoms in total. The number of benzene rings is 1. The highest BCUT2D eigenvalue weighted by Gasteiger charge is 2.26. The van der Waals surface area contributed by atoms with Gasteiger partial charge in [0.15, 0.2) is 11.5 Å². The second-order valence-electron chi connectivity index (χ2n) is 5.33. The minimum Gasteiger partial charge on any atom is -0.493 e. The Hall–Kier alpha value is -1.46. The Bertz CT molecular complexity index is 488. The summed E-state index contributed by atoms with van der Waals surface area (Å²) in [5, 5.41) is 3.21. The van der Waals surface area contributed by atoms with Crippen LogP contribution < -0.4 is 14.8 Å². The highest BCUT2D eigenvalue weighted by atomic mass is 35.5. The smallest absolute Gasteiger partial charge is 0.257 e. The maximum atomic E-state index is 12.7. The number of halogens is 1. The number of para-hydroxylation sites is 1. The number of rotatable bonds is 5. The predicted molar refractivity (Wildman–Crippen MR) is 89.3 cm³/mol. The summed E-state index contributed by atoms with van der Waals surface area (Å²) in [6.45, 7) is 2.61. The normalized spacial score (nSPS) is 15.1. The second kappa shape index (κ2) is 8.86. The second-order valence-corrected chi connectivity index (χ2v) is 5.33. The highest BCUT2D eigenvalue weighted by Crippen LogP contribution is 2.32. The lowest BCUT2D eigenvalue weighted by Gasteiger charge is -2.32. The van der Waals surface area contributed by atoms with Crippen LogP contribution in [0, 0.1) is 5.92 Å². The van der Waals surface area contributed by atoms with Gasteiger partial charge in [-0.3, -0.25) is 4.79 Å². The number of nitrogens with zero attached hydrogens (tertiary/aromatic N) is 1. The molecule has 1 amide bonds. The number of hydrogen-bond donors (Lipinski definition) is 1. The van der Waals surface area contributed by atoms with E-state index in [1.165, 1.54) is 0 Å².